The molecule has 1 saturated heterocycles. The van der Waals surface area contributed by atoms with Gasteiger partial charge in [-0.3, -0.25) is 9.59 Å². The summed E-state index contributed by atoms with van der Waals surface area (Å²) in [7, 11) is 0. The van der Waals surface area contributed by atoms with Crippen LogP contribution in [0.1, 0.15) is 46.6 Å². The van der Waals surface area contributed by atoms with Crippen LogP contribution in [0, 0.1) is 13.8 Å². The van der Waals surface area contributed by atoms with Gasteiger partial charge in [-0.15, -0.1) is 0 Å². The van der Waals surface area contributed by atoms with Gasteiger partial charge in [-0.05, 0) is 44.9 Å². The number of nitrogens with one attached hydrogen (secondary N) is 1. The van der Waals surface area contributed by atoms with Gasteiger partial charge in [0.1, 0.15) is 5.76 Å². The minimum atomic E-state index is -0.240. The van der Waals surface area contributed by atoms with Crippen LogP contribution in [0.15, 0.2) is 22.7 Å². The highest BCUT2D eigenvalue weighted by molar-refractivity contribution is 6.35. The molecule has 0 saturated carbocycles. The largest absolute Gasteiger partial charge is 0.361 e. The number of benzene rings is 1. The Morgan fingerprint density at radius 1 is 1.26 bits per heavy atom. The second-order valence-electron chi connectivity index (χ2n) is 6.77. The number of carbonyl (C=O) groups is 2. The van der Waals surface area contributed by atoms with Gasteiger partial charge in [-0.25, -0.2) is 0 Å². The normalized spacial score (nSPS) is 17.7. The molecular weight excluding hydrogens is 389 g/mol. The van der Waals surface area contributed by atoms with Gasteiger partial charge in [-0.2, -0.15) is 0 Å². The minimum Gasteiger partial charge on any atom is -0.361 e. The molecule has 1 fully saturated rings. The summed E-state index contributed by atoms with van der Waals surface area (Å²) >= 11 is 11.9. The van der Waals surface area contributed by atoms with Gasteiger partial charge in [0.2, 0.25) is 5.91 Å². The summed E-state index contributed by atoms with van der Waals surface area (Å²) in [5.41, 5.74) is 2.15. The molecule has 8 heteroatoms. The Bertz CT molecular complexity index is 826. The Morgan fingerprint density at radius 2 is 1.96 bits per heavy atom. The third-order valence-electron chi connectivity index (χ3n) is 4.80. The maximum Gasteiger partial charge on any atom is 0.251 e. The van der Waals surface area contributed by atoms with Crippen molar-refractivity contribution in [2.24, 2.45) is 0 Å². The van der Waals surface area contributed by atoms with Gasteiger partial charge in [0, 0.05) is 40.2 Å². The lowest BCUT2D eigenvalue weighted by Crippen LogP contribution is -2.36. The average molecular weight is 410 g/mol. The highest BCUT2D eigenvalue weighted by atomic mass is 35.5. The summed E-state index contributed by atoms with van der Waals surface area (Å²) in [5.74, 6) is 0.556. The quantitative estimate of drug-likeness (QED) is 0.830. The first-order valence-electron chi connectivity index (χ1n) is 8.80. The molecule has 2 aromatic rings. The van der Waals surface area contributed by atoms with E-state index < -0.39 is 0 Å². The van der Waals surface area contributed by atoms with E-state index in [2.05, 4.69) is 10.5 Å². The Morgan fingerprint density at radius 3 is 2.59 bits per heavy atom. The molecule has 0 radical (unpaired) electrons. The first-order valence-corrected chi connectivity index (χ1v) is 9.55. The van der Waals surface area contributed by atoms with E-state index in [-0.39, 0.29) is 17.9 Å². The molecule has 1 N–H and O–H groups in total. The van der Waals surface area contributed by atoms with Crippen molar-refractivity contribution in [3.05, 3.63) is 50.8 Å². The zero-order valence-corrected chi connectivity index (χ0v) is 16.7. The zero-order chi connectivity index (χ0) is 19.6. The van der Waals surface area contributed by atoms with Crippen molar-refractivity contribution in [3.63, 3.8) is 0 Å². The molecule has 6 nitrogen and oxygen atoms in total. The molecule has 2 heterocycles. The average Bonchev–Trinajstić information content (AvgIpc) is 2.82. The minimum absolute atomic E-state index is 0.0672. The number of carbonyl (C=O) groups excluding carboxylic acids is 2. The van der Waals surface area contributed by atoms with Crippen LogP contribution in [-0.2, 0) is 11.3 Å². The fourth-order valence-corrected chi connectivity index (χ4v) is 3.75. The van der Waals surface area contributed by atoms with E-state index in [9.17, 15) is 9.59 Å². The van der Waals surface area contributed by atoms with Crippen molar-refractivity contribution in [2.45, 2.75) is 45.7 Å². The van der Waals surface area contributed by atoms with Crippen LogP contribution in [0.3, 0.4) is 0 Å². The number of rotatable bonds is 4. The van der Waals surface area contributed by atoms with Crippen LogP contribution in [0.25, 0.3) is 0 Å². The van der Waals surface area contributed by atoms with Crippen molar-refractivity contribution < 1.29 is 14.1 Å². The van der Waals surface area contributed by atoms with Crippen LogP contribution in [0.4, 0.5) is 0 Å². The van der Waals surface area contributed by atoms with Crippen molar-refractivity contribution in [1.29, 1.82) is 0 Å². The summed E-state index contributed by atoms with van der Waals surface area (Å²) in [5, 5.41) is 7.75. The molecule has 3 rings (SSSR count). The number of amides is 2. The standard InChI is InChI=1S/C19H21Cl2N3O3/c1-11-17(12(2)27-23-11)10-24-6-5-16(3-4-18(24)25)22-19(26)13-7-14(20)9-15(21)8-13/h7-9,16H,3-6,10H2,1-2H3,(H,22,26). The molecule has 1 aliphatic heterocycles. The second kappa shape index (κ2) is 8.31. The summed E-state index contributed by atoms with van der Waals surface area (Å²) in [6, 6.07) is 4.65. The van der Waals surface area contributed by atoms with Crippen molar-refractivity contribution in [3.8, 4) is 0 Å². The van der Waals surface area contributed by atoms with E-state index in [1.165, 1.54) is 0 Å². The Kier molecular flexibility index (Phi) is 6.07. The Hall–Kier alpha value is -2.05. The zero-order valence-electron chi connectivity index (χ0n) is 15.2. The second-order valence-corrected chi connectivity index (χ2v) is 7.65. The summed E-state index contributed by atoms with van der Waals surface area (Å²) in [6.45, 7) is 4.75. The number of hydrogen-bond donors (Lipinski definition) is 1. The fraction of sp³-hybridized carbons (Fsp3) is 0.421. The number of hydrogen-bond acceptors (Lipinski definition) is 4. The highest BCUT2D eigenvalue weighted by Gasteiger charge is 2.25. The molecule has 1 aliphatic rings. The maximum absolute atomic E-state index is 12.5. The Balaban J connectivity index is 1.63. The molecule has 1 atom stereocenters. The molecule has 0 bridgehead atoms. The summed E-state index contributed by atoms with van der Waals surface area (Å²) in [4.78, 5) is 26.8. The molecule has 0 aliphatic carbocycles. The molecule has 144 valence electrons. The van der Waals surface area contributed by atoms with E-state index in [0.29, 0.717) is 48.0 Å². The first kappa shape index (κ1) is 19.7. The van der Waals surface area contributed by atoms with Gasteiger partial charge < -0.3 is 14.7 Å². The SMILES string of the molecule is Cc1noc(C)c1CN1CCC(NC(=O)c2cc(Cl)cc(Cl)c2)CCC1=O. The molecule has 1 aromatic carbocycles. The first-order chi connectivity index (χ1) is 12.8. The van der Waals surface area contributed by atoms with Gasteiger partial charge in [0.25, 0.3) is 5.91 Å². The van der Waals surface area contributed by atoms with Gasteiger partial charge in [-0.1, -0.05) is 28.4 Å². The monoisotopic (exact) mass is 409 g/mol. The van der Waals surface area contributed by atoms with Crippen LogP contribution >= 0.6 is 23.2 Å². The van der Waals surface area contributed by atoms with E-state index >= 15 is 0 Å². The predicted octanol–water partition coefficient (Wildman–Crippen LogP) is 3.91. The van der Waals surface area contributed by atoms with E-state index in [0.717, 1.165) is 17.0 Å². The molecule has 2 amide bonds. The van der Waals surface area contributed by atoms with Crippen LogP contribution in [-0.4, -0.2) is 34.5 Å². The van der Waals surface area contributed by atoms with E-state index in [1.807, 2.05) is 13.8 Å². The van der Waals surface area contributed by atoms with Crippen molar-refractivity contribution >= 4 is 35.0 Å². The molecular formula is C19H21Cl2N3O3. The van der Waals surface area contributed by atoms with Crippen LogP contribution < -0.4 is 5.32 Å². The lowest BCUT2D eigenvalue weighted by Gasteiger charge is -2.21. The number of aryl methyl sites for hydroxylation is 2. The molecule has 1 unspecified atom stereocenters. The number of aromatic nitrogens is 1. The third kappa shape index (κ3) is 4.82. The van der Waals surface area contributed by atoms with E-state index in [1.54, 1.807) is 23.1 Å². The van der Waals surface area contributed by atoms with Crippen molar-refractivity contribution in [1.82, 2.24) is 15.4 Å². The number of nitrogens with zero attached hydrogens (tertiary/aromatic N) is 2. The number of likely N-dealkylation sites (tertiary alicyclic amines) is 1. The lowest BCUT2D eigenvalue weighted by molar-refractivity contribution is -0.131. The fourth-order valence-electron chi connectivity index (χ4n) is 3.22. The van der Waals surface area contributed by atoms with Crippen molar-refractivity contribution in [2.75, 3.05) is 6.54 Å². The number of halogens is 2. The smallest absolute Gasteiger partial charge is 0.251 e. The molecule has 27 heavy (non-hydrogen) atoms. The van der Waals surface area contributed by atoms with Gasteiger partial charge >= 0.3 is 0 Å². The predicted molar refractivity (Wildman–Crippen MR) is 103 cm³/mol. The lowest BCUT2D eigenvalue weighted by atomic mass is 10.1. The molecule has 1 aromatic heterocycles. The summed E-state index contributed by atoms with van der Waals surface area (Å²) < 4.78 is 5.18. The highest BCUT2D eigenvalue weighted by Crippen LogP contribution is 2.21. The topological polar surface area (TPSA) is 75.4 Å². The van der Waals surface area contributed by atoms with E-state index in [4.69, 9.17) is 27.7 Å². The van der Waals surface area contributed by atoms with Gasteiger partial charge in [0.15, 0.2) is 0 Å². The Labute approximate surface area is 167 Å². The molecule has 0 spiro atoms. The summed E-state index contributed by atoms with van der Waals surface area (Å²) in [6.07, 6.45) is 1.65. The third-order valence-corrected chi connectivity index (χ3v) is 5.23. The van der Waals surface area contributed by atoms with Gasteiger partial charge in [0.05, 0.1) is 12.2 Å². The van der Waals surface area contributed by atoms with Crippen LogP contribution in [0.2, 0.25) is 10.0 Å². The van der Waals surface area contributed by atoms with Crippen LogP contribution in [0.5, 0.6) is 0 Å². The maximum atomic E-state index is 12.5.